The minimum absolute atomic E-state index is 0.0858. The molecule has 0 aromatic carbocycles. The Balaban J connectivity index is 2.53. The lowest BCUT2D eigenvalue weighted by Crippen LogP contribution is -2.28. The molecule has 3 heteroatoms. The van der Waals surface area contributed by atoms with Crippen LogP contribution in [-0.2, 0) is 4.74 Å². The smallest absolute Gasteiger partial charge is 0.367 e. The quantitative estimate of drug-likeness (QED) is 0.393. The number of carbonyl (C=O) groups is 1. The lowest BCUT2D eigenvalue weighted by atomic mass is 10.1. The molecule has 2 nitrogen and oxygen atoms in total. The molecule has 1 aliphatic heterocycles. The molecule has 54 valence electrons. The molecule has 0 spiro atoms. The van der Waals surface area contributed by atoms with Crippen LogP contribution in [0.5, 0.6) is 0 Å². The summed E-state index contributed by atoms with van der Waals surface area (Å²) in [5.41, 5.74) is 0. The van der Waals surface area contributed by atoms with Crippen LogP contribution in [0.25, 0.3) is 0 Å². The second-order valence-electron chi connectivity index (χ2n) is 2.16. The van der Waals surface area contributed by atoms with Crippen molar-refractivity contribution in [2.45, 2.75) is 13.0 Å². The predicted octanol–water partition coefficient (Wildman–Crippen LogP) is 1.51. The first kappa shape index (κ1) is 7.49. The van der Waals surface area contributed by atoms with E-state index in [4.69, 9.17) is 11.2 Å². The van der Waals surface area contributed by atoms with Crippen LogP contribution >= 0.6 is 11.8 Å². The number of thioether (sulfide) groups is 1. The highest BCUT2D eigenvalue weighted by atomic mass is 32.2. The highest BCUT2D eigenvalue weighted by molar-refractivity contribution is 8.13. The fourth-order valence-electron chi connectivity index (χ4n) is 0.745. The highest BCUT2D eigenvalue weighted by Crippen LogP contribution is 2.23. The van der Waals surface area contributed by atoms with Crippen molar-refractivity contribution in [2.24, 2.45) is 5.92 Å². The first-order chi connectivity index (χ1) is 4.74. The number of hydrogen-bond acceptors (Lipinski definition) is 3. The van der Waals surface area contributed by atoms with E-state index in [0.717, 1.165) is 11.8 Å². The van der Waals surface area contributed by atoms with Crippen LogP contribution in [0.15, 0.2) is 0 Å². The lowest BCUT2D eigenvalue weighted by molar-refractivity contribution is 0.110. The standard InChI is InChI=1S/C7H8O2S/c1-3-6-4-10-7(8)9-5(6)2/h1,5-6H,4H2,2H3. The van der Waals surface area contributed by atoms with Gasteiger partial charge in [-0.05, 0) is 18.7 Å². The second-order valence-corrected chi connectivity index (χ2v) is 3.11. The topological polar surface area (TPSA) is 26.3 Å². The van der Waals surface area contributed by atoms with E-state index in [9.17, 15) is 4.79 Å². The largest absolute Gasteiger partial charge is 0.453 e. The third kappa shape index (κ3) is 1.45. The zero-order valence-corrected chi connectivity index (χ0v) is 6.48. The molecule has 1 saturated heterocycles. The first-order valence-corrected chi connectivity index (χ1v) is 4.02. The Morgan fingerprint density at radius 1 is 1.90 bits per heavy atom. The van der Waals surface area contributed by atoms with Crippen LogP contribution in [0.2, 0.25) is 0 Å². The molecule has 1 rings (SSSR count). The van der Waals surface area contributed by atoms with Crippen LogP contribution in [0.3, 0.4) is 0 Å². The summed E-state index contributed by atoms with van der Waals surface area (Å²) in [7, 11) is 0. The summed E-state index contributed by atoms with van der Waals surface area (Å²) in [6.45, 7) is 1.82. The molecular formula is C7H8O2S. The molecule has 1 aliphatic rings. The van der Waals surface area contributed by atoms with Gasteiger partial charge in [0.15, 0.2) is 0 Å². The molecule has 0 aliphatic carbocycles. The Morgan fingerprint density at radius 3 is 3.10 bits per heavy atom. The van der Waals surface area contributed by atoms with Crippen LogP contribution in [0, 0.1) is 18.3 Å². The Hall–Kier alpha value is -0.620. The minimum Gasteiger partial charge on any atom is -0.453 e. The average Bonchev–Trinajstić information content (AvgIpc) is 1.88. The Morgan fingerprint density at radius 2 is 2.60 bits per heavy atom. The number of cyclic esters (lactones) is 1. The van der Waals surface area contributed by atoms with Gasteiger partial charge in [0.05, 0.1) is 5.92 Å². The number of ether oxygens (including phenoxy) is 1. The molecule has 2 atom stereocenters. The van der Waals surface area contributed by atoms with Gasteiger partial charge >= 0.3 is 5.30 Å². The van der Waals surface area contributed by atoms with Gasteiger partial charge in [-0.1, -0.05) is 5.92 Å². The van der Waals surface area contributed by atoms with Gasteiger partial charge in [-0.3, -0.25) is 0 Å². The second kappa shape index (κ2) is 2.98. The summed E-state index contributed by atoms with van der Waals surface area (Å²) in [4.78, 5) is 10.6. The van der Waals surface area contributed by atoms with Gasteiger partial charge in [0.25, 0.3) is 0 Å². The van der Waals surface area contributed by atoms with Crippen molar-refractivity contribution in [1.82, 2.24) is 0 Å². The molecular weight excluding hydrogens is 148 g/mol. The molecule has 1 heterocycles. The number of rotatable bonds is 0. The van der Waals surface area contributed by atoms with E-state index >= 15 is 0 Å². The van der Waals surface area contributed by atoms with E-state index in [0.29, 0.717) is 5.75 Å². The van der Waals surface area contributed by atoms with Gasteiger partial charge in [0.1, 0.15) is 6.10 Å². The summed E-state index contributed by atoms with van der Waals surface area (Å²) >= 11 is 1.15. The van der Waals surface area contributed by atoms with Crippen LogP contribution in [0.4, 0.5) is 4.79 Å². The third-order valence-corrected chi connectivity index (χ3v) is 2.30. The lowest BCUT2D eigenvalue weighted by Gasteiger charge is -2.23. The van der Waals surface area contributed by atoms with E-state index in [-0.39, 0.29) is 17.3 Å². The van der Waals surface area contributed by atoms with Gasteiger partial charge in [0, 0.05) is 5.75 Å². The Labute approximate surface area is 64.3 Å². The molecule has 1 fully saturated rings. The van der Waals surface area contributed by atoms with Crippen LogP contribution in [0.1, 0.15) is 6.92 Å². The molecule has 0 aromatic heterocycles. The third-order valence-electron chi connectivity index (χ3n) is 1.44. The van der Waals surface area contributed by atoms with Crippen molar-refractivity contribution >= 4 is 17.1 Å². The predicted molar refractivity (Wildman–Crippen MR) is 40.7 cm³/mol. The normalized spacial score (nSPS) is 32.6. The monoisotopic (exact) mass is 156 g/mol. The number of terminal acetylenes is 1. The molecule has 0 aromatic rings. The highest BCUT2D eigenvalue weighted by Gasteiger charge is 2.25. The average molecular weight is 156 g/mol. The van der Waals surface area contributed by atoms with Crippen molar-refractivity contribution in [2.75, 3.05) is 5.75 Å². The van der Waals surface area contributed by atoms with Crippen molar-refractivity contribution in [3.8, 4) is 12.3 Å². The fraction of sp³-hybridized carbons (Fsp3) is 0.571. The number of carbonyl (C=O) groups excluding carboxylic acids is 1. The molecule has 0 N–H and O–H groups in total. The van der Waals surface area contributed by atoms with Gasteiger partial charge < -0.3 is 4.74 Å². The van der Waals surface area contributed by atoms with Crippen LogP contribution in [-0.4, -0.2) is 17.2 Å². The summed E-state index contributed by atoms with van der Waals surface area (Å²) in [6, 6.07) is 0. The maximum absolute atomic E-state index is 10.6. The zero-order valence-electron chi connectivity index (χ0n) is 5.66. The van der Waals surface area contributed by atoms with Gasteiger partial charge in [-0.2, -0.15) is 0 Å². The van der Waals surface area contributed by atoms with E-state index in [2.05, 4.69) is 5.92 Å². The van der Waals surface area contributed by atoms with Gasteiger partial charge in [-0.25, -0.2) is 4.79 Å². The number of hydrogen-bond donors (Lipinski definition) is 0. The van der Waals surface area contributed by atoms with E-state index in [1.807, 2.05) is 6.92 Å². The first-order valence-electron chi connectivity index (χ1n) is 3.03. The minimum atomic E-state index is -0.209. The van der Waals surface area contributed by atoms with E-state index < -0.39 is 0 Å². The van der Waals surface area contributed by atoms with Gasteiger partial charge in [0.2, 0.25) is 0 Å². The van der Waals surface area contributed by atoms with E-state index in [1.165, 1.54) is 0 Å². The fourth-order valence-corrected chi connectivity index (χ4v) is 1.65. The van der Waals surface area contributed by atoms with Crippen LogP contribution < -0.4 is 0 Å². The SMILES string of the molecule is C#CC1CSC(=O)OC1C. The van der Waals surface area contributed by atoms with Gasteiger partial charge in [-0.15, -0.1) is 6.42 Å². The molecule has 0 bridgehead atoms. The molecule has 10 heavy (non-hydrogen) atoms. The van der Waals surface area contributed by atoms with Crippen molar-refractivity contribution in [3.63, 3.8) is 0 Å². The van der Waals surface area contributed by atoms with Crippen molar-refractivity contribution < 1.29 is 9.53 Å². The molecule has 0 radical (unpaired) electrons. The summed E-state index contributed by atoms with van der Waals surface area (Å²) in [6.07, 6.45) is 5.07. The summed E-state index contributed by atoms with van der Waals surface area (Å²) in [5.74, 6) is 3.35. The molecule has 0 amide bonds. The molecule has 2 unspecified atom stereocenters. The Bertz CT molecular complexity index is 183. The maximum Gasteiger partial charge on any atom is 0.367 e. The van der Waals surface area contributed by atoms with Crippen molar-refractivity contribution in [1.29, 1.82) is 0 Å². The summed E-state index contributed by atoms with van der Waals surface area (Å²) in [5, 5.41) is -0.209. The van der Waals surface area contributed by atoms with E-state index in [1.54, 1.807) is 0 Å². The zero-order chi connectivity index (χ0) is 7.56. The Kier molecular flexibility index (Phi) is 2.23. The maximum atomic E-state index is 10.6. The summed E-state index contributed by atoms with van der Waals surface area (Å²) < 4.78 is 4.87. The molecule has 0 saturated carbocycles. The van der Waals surface area contributed by atoms with Crippen molar-refractivity contribution in [3.05, 3.63) is 0 Å².